The Bertz CT molecular complexity index is 184. The van der Waals surface area contributed by atoms with E-state index in [1.165, 1.54) is 0 Å². The number of aliphatic hydroxyl groups is 1. The maximum atomic E-state index is 11.6. The maximum absolute atomic E-state index is 11.6. The standard InChI is InChI=1S/C9H17NO3/c1-3-7(2)10-8(12)9(4-11)5-13-6-9/h7,11H,3-6H2,1-2H3,(H,10,12). The summed E-state index contributed by atoms with van der Waals surface area (Å²) in [7, 11) is 0. The summed E-state index contributed by atoms with van der Waals surface area (Å²) in [6, 6.07) is 0.163. The monoisotopic (exact) mass is 187 g/mol. The van der Waals surface area contributed by atoms with E-state index in [0.717, 1.165) is 6.42 Å². The van der Waals surface area contributed by atoms with Gasteiger partial charge in [-0.2, -0.15) is 0 Å². The number of aliphatic hydroxyl groups excluding tert-OH is 1. The van der Waals surface area contributed by atoms with Crippen LogP contribution in [-0.4, -0.2) is 36.9 Å². The zero-order valence-electron chi connectivity index (χ0n) is 8.17. The summed E-state index contributed by atoms with van der Waals surface area (Å²) in [5, 5.41) is 11.9. The van der Waals surface area contributed by atoms with Gasteiger partial charge in [0.15, 0.2) is 0 Å². The fourth-order valence-corrected chi connectivity index (χ4v) is 1.12. The predicted molar refractivity (Wildman–Crippen MR) is 48.2 cm³/mol. The molecular formula is C9H17NO3. The molecule has 0 aromatic rings. The van der Waals surface area contributed by atoms with Crippen molar-refractivity contribution in [3.8, 4) is 0 Å². The summed E-state index contributed by atoms with van der Waals surface area (Å²) in [6.45, 7) is 4.50. The fraction of sp³-hybridized carbons (Fsp3) is 0.889. The van der Waals surface area contributed by atoms with E-state index in [4.69, 9.17) is 9.84 Å². The second-order valence-corrected chi connectivity index (χ2v) is 3.71. The molecule has 13 heavy (non-hydrogen) atoms. The van der Waals surface area contributed by atoms with Crippen molar-refractivity contribution in [2.75, 3.05) is 19.8 Å². The van der Waals surface area contributed by atoms with Crippen molar-refractivity contribution >= 4 is 5.91 Å². The Kier molecular flexibility index (Phi) is 3.27. The van der Waals surface area contributed by atoms with E-state index >= 15 is 0 Å². The molecule has 0 bridgehead atoms. The van der Waals surface area contributed by atoms with Crippen LogP contribution < -0.4 is 5.32 Å². The molecule has 0 saturated carbocycles. The van der Waals surface area contributed by atoms with Crippen LogP contribution in [0.2, 0.25) is 0 Å². The van der Waals surface area contributed by atoms with Crippen LogP contribution in [0.5, 0.6) is 0 Å². The van der Waals surface area contributed by atoms with Gasteiger partial charge in [-0.05, 0) is 13.3 Å². The first-order valence-corrected chi connectivity index (χ1v) is 4.64. The lowest BCUT2D eigenvalue weighted by molar-refractivity contribution is -0.170. The molecule has 1 rings (SSSR count). The van der Waals surface area contributed by atoms with Gasteiger partial charge < -0.3 is 15.2 Å². The number of carbonyl (C=O) groups is 1. The zero-order chi connectivity index (χ0) is 9.90. The van der Waals surface area contributed by atoms with Gasteiger partial charge in [-0.1, -0.05) is 6.92 Å². The van der Waals surface area contributed by atoms with Crippen molar-refractivity contribution < 1.29 is 14.6 Å². The Morgan fingerprint density at radius 3 is 2.62 bits per heavy atom. The SMILES string of the molecule is CCC(C)NC(=O)C1(CO)COC1. The van der Waals surface area contributed by atoms with Crippen molar-refractivity contribution in [2.24, 2.45) is 5.41 Å². The average molecular weight is 187 g/mol. The molecule has 1 amide bonds. The second kappa shape index (κ2) is 4.07. The normalized spacial score (nSPS) is 21.8. The number of ether oxygens (including phenoxy) is 1. The van der Waals surface area contributed by atoms with Gasteiger partial charge >= 0.3 is 0 Å². The summed E-state index contributed by atoms with van der Waals surface area (Å²) in [5.41, 5.74) is -0.663. The smallest absolute Gasteiger partial charge is 0.233 e. The van der Waals surface area contributed by atoms with E-state index in [1.54, 1.807) is 0 Å². The van der Waals surface area contributed by atoms with E-state index in [9.17, 15) is 4.79 Å². The third-order valence-electron chi connectivity index (χ3n) is 2.53. The fourth-order valence-electron chi connectivity index (χ4n) is 1.12. The van der Waals surface area contributed by atoms with Crippen LogP contribution in [0, 0.1) is 5.41 Å². The van der Waals surface area contributed by atoms with E-state index < -0.39 is 5.41 Å². The molecule has 0 radical (unpaired) electrons. The molecule has 76 valence electrons. The van der Waals surface area contributed by atoms with Gasteiger partial charge in [-0.15, -0.1) is 0 Å². The van der Waals surface area contributed by atoms with E-state index in [1.807, 2.05) is 13.8 Å². The number of rotatable bonds is 4. The highest BCUT2D eigenvalue weighted by atomic mass is 16.5. The molecule has 0 aromatic heterocycles. The predicted octanol–water partition coefficient (Wildman–Crippen LogP) is -0.0900. The number of hydrogen-bond acceptors (Lipinski definition) is 3. The average Bonchev–Trinajstić information content (AvgIpc) is 2.03. The molecule has 0 spiro atoms. The van der Waals surface area contributed by atoms with Crippen LogP contribution in [0.3, 0.4) is 0 Å². The minimum Gasteiger partial charge on any atom is -0.395 e. The molecular weight excluding hydrogens is 170 g/mol. The molecule has 1 heterocycles. The summed E-state index contributed by atoms with van der Waals surface area (Å²) in [4.78, 5) is 11.6. The van der Waals surface area contributed by atoms with Gasteiger partial charge in [0, 0.05) is 6.04 Å². The molecule has 4 nitrogen and oxygen atoms in total. The molecule has 2 N–H and O–H groups in total. The van der Waals surface area contributed by atoms with Crippen molar-refractivity contribution in [1.29, 1.82) is 0 Å². The topological polar surface area (TPSA) is 58.6 Å². The van der Waals surface area contributed by atoms with Gasteiger partial charge in [0.25, 0.3) is 0 Å². The van der Waals surface area contributed by atoms with Crippen molar-refractivity contribution in [3.05, 3.63) is 0 Å². The highest BCUT2D eigenvalue weighted by Gasteiger charge is 2.45. The van der Waals surface area contributed by atoms with Crippen molar-refractivity contribution in [3.63, 3.8) is 0 Å². The lowest BCUT2D eigenvalue weighted by Crippen LogP contribution is -2.57. The first-order valence-electron chi connectivity index (χ1n) is 4.64. The minimum atomic E-state index is -0.663. The minimum absolute atomic E-state index is 0.0874. The van der Waals surface area contributed by atoms with E-state index in [2.05, 4.69) is 5.32 Å². The first kappa shape index (κ1) is 10.5. The number of hydrogen-bond donors (Lipinski definition) is 2. The van der Waals surface area contributed by atoms with E-state index in [0.29, 0.717) is 13.2 Å². The van der Waals surface area contributed by atoms with Crippen LogP contribution in [0.4, 0.5) is 0 Å². The second-order valence-electron chi connectivity index (χ2n) is 3.71. The number of nitrogens with one attached hydrogen (secondary N) is 1. The quantitative estimate of drug-likeness (QED) is 0.646. The Balaban J connectivity index is 2.46. The summed E-state index contributed by atoms with van der Waals surface area (Å²) in [5.74, 6) is -0.0874. The molecule has 0 aromatic carbocycles. The lowest BCUT2D eigenvalue weighted by atomic mass is 9.85. The molecule has 4 heteroatoms. The van der Waals surface area contributed by atoms with Gasteiger partial charge in [0.05, 0.1) is 19.8 Å². The number of carbonyl (C=O) groups excluding carboxylic acids is 1. The Morgan fingerprint density at radius 2 is 2.31 bits per heavy atom. The molecule has 1 saturated heterocycles. The van der Waals surface area contributed by atoms with Crippen molar-refractivity contribution in [1.82, 2.24) is 5.32 Å². The van der Waals surface area contributed by atoms with Crippen molar-refractivity contribution in [2.45, 2.75) is 26.3 Å². The van der Waals surface area contributed by atoms with Crippen LogP contribution in [-0.2, 0) is 9.53 Å². The van der Waals surface area contributed by atoms with E-state index in [-0.39, 0.29) is 18.6 Å². The third-order valence-corrected chi connectivity index (χ3v) is 2.53. The maximum Gasteiger partial charge on any atom is 0.233 e. The molecule has 1 fully saturated rings. The Hall–Kier alpha value is -0.610. The molecule has 1 unspecified atom stereocenters. The molecule has 1 aliphatic heterocycles. The van der Waals surface area contributed by atoms with Gasteiger partial charge in [-0.3, -0.25) is 4.79 Å². The van der Waals surface area contributed by atoms with Crippen LogP contribution in [0.25, 0.3) is 0 Å². The zero-order valence-corrected chi connectivity index (χ0v) is 8.17. The van der Waals surface area contributed by atoms with Crippen LogP contribution >= 0.6 is 0 Å². The molecule has 1 atom stereocenters. The summed E-state index contributed by atoms with van der Waals surface area (Å²) in [6.07, 6.45) is 0.897. The summed E-state index contributed by atoms with van der Waals surface area (Å²) < 4.78 is 4.94. The highest BCUT2D eigenvalue weighted by Crippen LogP contribution is 2.26. The third kappa shape index (κ3) is 2.00. The van der Waals surface area contributed by atoms with Gasteiger partial charge in [-0.25, -0.2) is 0 Å². The lowest BCUT2D eigenvalue weighted by Gasteiger charge is -2.38. The van der Waals surface area contributed by atoms with Crippen LogP contribution in [0.1, 0.15) is 20.3 Å². The van der Waals surface area contributed by atoms with Crippen LogP contribution in [0.15, 0.2) is 0 Å². The Morgan fingerprint density at radius 1 is 1.69 bits per heavy atom. The number of amides is 1. The largest absolute Gasteiger partial charge is 0.395 e. The van der Waals surface area contributed by atoms with Gasteiger partial charge in [0.2, 0.25) is 5.91 Å². The molecule has 0 aliphatic carbocycles. The molecule has 1 aliphatic rings. The van der Waals surface area contributed by atoms with Gasteiger partial charge in [0.1, 0.15) is 5.41 Å². The summed E-state index contributed by atoms with van der Waals surface area (Å²) >= 11 is 0. The Labute approximate surface area is 78.3 Å². The highest BCUT2D eigenvalue weighted by molar-refractivity contribution is 5.84. The first-order chi connectivity index (χ1) is 6.14.